The highest BCUT2D eigenvalue weighted by Crippen LogP contribution is 2.37. The first-order valence-electron chi connectivity index (χ1n) is 11.3. The van der Waals surface area contributed by atoms with Gasteiger partial charge in [0.2, 0.25) is 6.79 Å². The zero-order valence-electron chi connectivity index (χ0n) is 20.2. The third-order valence-corrected chi connectivity index (χ3v) is 7.33. The van der Waals surface area contributed by atoms with Crippen LogP contribution in [0.2, 0.25) is 5.02 Å². The Morgan fingerprint density at radius 1 is 1.25 bits per heavy atom. The zero-order chi connectivity index (χ0) is 25.6. The molecule has 0 radical (unpaired) electrons. The van der Waals surface area contributed by atoms with E-state index in [2.05, 4.69) is 4.99 Å². The minimum atomic E-state index is -0.675. The van der Waals surface area contributed by atoms with Crippen molar-refractivity contribution >= 4 is 40.7 Å². The van der Waals surface area contributed by atoms with Gasteiger partial charge in [-0.3, -0.25) is 9.36 Å². The molecule has 2 aliphatic heterocycles. The van der Waals surface area contributed by atoms with Gasteiger partial charge >= 0.3 is 5.97 Å². The standard InChI is InChI=1S/C26H24ClN3O5S/c1-5-33-25(32)22-14(2)28-26-30(23(22)15-6-8-17(9-7-15)29(3)4)24(31)21(36-26)11-16-10-19-20(12-18(16)27)35-13-34-19/h6-12,23H,5,13H2,1-4H3/b21-11+/t23-/m0/s1. The lowest BCUT2D eigenvalue weighted by atomic mass is 9.95. The summed E-state index contributed by atoms with van der Waals surface area (Å²) in [5.74, 6) is 0.640. The number of nitrogens with zero attached hydrogens (tertiary/aromatic N) is 3. The number of carbonyl (C=O) groups is 1. The Morgan fingerprint density at radius 3 is 2.61 bits per heavy atom. The number of hydrogen-bond donors (Lipinski definition) is 0. The topological polar surface area (TPSA) is 82.4 Å². The van der Waals surface area contributed by atoms with E-state index >= 15 is 0 Å². The van der Waals surface area contributed by atoms with Crippen LogP contribution in [-0.4, -0.2) is 38.0 Å². The van der Waals surface area contributed by atoms with Gasteiger partial charge < -0.3 is 19.1 Å². The van der Waals surface area contributed by atoms with E-state index in [9.17, 15) is 9.59 Å². The lowest BCUT2D eigenvalue weighted by Crippen LogP contribution is -2.39. The third kappa shape index (κ3) is 4.18. The van der Waals surface area contributed by atoms with Crippen LogP contribution >= 0.6 is 22.9 Å². The first-order chi connectivity index (χ1) is 17.3. The Hall–Kier alpha value is -3.56. The zero-order valence-corrected chi connectivity index (χ0v) is 21.8. The van der Waals surface area contributed by atoms with E-state index in [1.165, 1.54) is 11.3 Å². The second kappa shape index (κ2) is 9.48. The number of aromatic nitrogens is 1. The molecule has 10 heteroatoms. The summed E-state index contributed by atoms with van der Waals surface area (Å²) in [5, 5.41) is 0.435. The molecule has 0 N–H and O–H groups in total. The van der Waals surface area contributed by atoms with Crippen molar-refractivity contribution in [2.75, 3.05) is 32.4 Å². The summed E-state index contributed by atoms with van der Waals surface area (Å²) in [4.78, 5) is 33.9. The van der Waals surface area contributed by atoms with Gasteiger partial charge in [0, 0.05) is 25.8 Å². The minimum Gasteiger partial charge on any atom is -0.463 e. The van der Waals surface area contributed by atoms with E-state index in [-0.39, 0.29) is 19.0 Å². The van der Waals surface area contributed by atoms with Crippen LogP contribution in [0.5, 0.6) is 11.5 Å². The van der Waals surface area contributed by atoms with Crippen LogP contribution in [-0.2, 0) is 9.53 Å². The van der Waals surface area contributed by atoms with Gasteiger partial charge in [-0.2, -0.15) is 0 Å². The maximum absolute atomic E-state index is 13.8. The normalized spacial score (nSPS) is 16.6. The van der Waals surface area contributed by atoms with Crippen LogP contribution in [0, 0.1) is 0 Å². The highest BCUT2D eigenvalue weighted by molar-refractivity contribution is 7.07. The van der Waals surface area contributed by atoms with Gasteiger partial charge in [-0.05, 0) is 49.2 Å². The molecule has 0 fully saturated rings. The molecule has 3 aromatic rings. The van der Waals surface area contributed by atoms with E-state index in [0.717, 1.165) is 11.3 Å². The highest BCUT2D eigenvalue weighted by atomic mass is 35.5. The van der Waals surface area contributed by atoms with Crippen LogP contribution in [0.15, 0.2) is 57.5 Å². The van der Waals surface area contributed by atoms with Crippen LogP contribution in [0.1, 0.15) is 31.0 Å². The molecule has 186 valence electrons. The Kier molecular flexibility index (Phi) is 6.36. The van der Waals surface area contributed by atoms with Crippen molar-refractivity contribution in [3.8, 4) is 11.5 Å². The van der Waals surface area contributed by atoms with Crippen molar-refractivity contribution in [1.82, 2.24) is 4.57 Å². The monoisotopic (exact) mass is 525 g/mol. The summed E-state index contributed by atoms with van der Waals surface area (Å²) in [7, 11) is 3.90. The Labute approximate surface area is 216 Å². The molecule has 3 heterocycles. The summed E-state index contributed by atoms with van der Waals surface area (Å²) in [5.41, 5.74) is 3.00. The third-order valence-electron chi connectivity index (χ3n) is 6.02. The number of ether oxygens (including phenoxy) is 3. The van der Waals surface area contributed by atoms with Crippen molar-refractivity contribution in [1.29, 1.82) is 0 Å². The van der Waals surface area contributed by atoms with Crippen molar-refractivity contribution in [3.05, 3.63) is 83.5 Å². The number of thiazole rings is 1. The van der Waals surface area contributed by atoms with Gasteiger partial charge in [-0.15, -0.1) is 0 Å². The van der Waals surface area contributed by atoms with E-state index in [4.69, 9.17) is 25.8 Å². The number of halogens is 1. The van der Waals surface area contributed by atoms with Gasteiger partial charge in [0.05, 0.1) is 33.5 Å². The molecule has 0 saturated heterocycles. The quantitative estimate of drug-likeness (QED) is 0.476. The van der Waals surface area contributed by atoms with Crippen molar-refractivity contribution < 1.29 is 19.0 Å². The molecule has 2 aromatic carbocycles. The fraction of sp³-hybridized carbons (Fsp3) is 0.269. The summed E-state index contributed by atoms with van der Waals surface area (Å²) in [6.07, 6.45) is 1.71. The minimum absolute atomic E-state index is 0.125. The molecular weight excluding hydrogens is 502 g/mol. The largest absolute Gasteiger partial charge is 0.463 e. The second-order valence-corrected chi connectivity index (χ2v) is 9.93. The number of esters is 1. The Balaban J connectivity index is 1.69. The van der Waals surface area contributed by atoms with E-state index in [1.54, 1.807) is 36.6 Å². The molecule has 2 aliphatic rings. The SMILES string of the molecule is CCOC(=O)C1=C(C)N=c2s/c(=C/c3cc4c(cc3Cl)OCO4)c(=O)n2[C@H]1c1ccc(N(C)C)cc1. The molecule has 0 amide bonds. The first kappa shape index (κ1) is 24.1. The van der Waals surface area contributed by atoms with E-state index < -0.39 is 12.0 Å². The summed E-state index contributed by atoms with van der Waals surface area (Å²) < 4.78 is 18.2. The van der Waals surface area contributed by atoms with E-state index in [0.29, 0.717) is 42.7 Å². The predicted octanol–water partition coefficient (Wildman–Crippen LogP) is 3.25. The van der Waals surface area contributed by atoms with Crippen LogP contribution < -0.4 is 29.3 Å². The second-order valence-electron chi connectivity index (χ2n) is 8.52. The van der Waals surface area contributed by atoms with Crippen molar-refractivity contribution in [3.63, 3.8) is 0 Å². The molecule has 0 aliphatic carbocycles. The smallest absolute Gasteiger partial charge is 0.338 e. The number of fused-ring (bicyclic) bond motifs is 2. The van der Waals surface area contributed by atoms with Crippen LogP contribution in [0.3, 0.4) is 0 Å². The number of rotatable bonds is 5. The molecule has 0 unspecified atom stereocenters. The van der Waals surface area contributed by atoms with Gasteiger partial charge in [0.15, 0.2) is 16.3 Å². The summed E-state index contributed by atoms with van der Waals surface area (Å²) >= 11 is 7.70. The lowest BCUT2D eigenvalue weighted by molar-refractivity contribution is -0.139. The van der Waals surface area contributed by atoms with Crippen molar-refractivity contribution in [2.24, 2.45) is 4.99 Å². The molecule has 36 heavy (non-hydrogen) atoms. The number of benzene rings is 2. The maximum Gasteiger partial charge on any atom is 0.338 e. The average Bonchev–Trinajstić information content (AvgIpc) is 3.42. The molecule has 8 nitrogen and oxygen atoms in total. The van der Waals surface area contributed by atoms with E-state index in [1.807, 2.05) is 43.3 Å². The van der Waals surface area contributed by atoms with Gasteiger partial charge in [0.25, 0.3) is 5.56 Å². The maximum atomic E-state index is 13.8. The lowest BCUT2D eigenvalue weighted by Gasteiger charge is -2.25. The Bertz CT molecular complexity index is 1570. The number of allylic oxidation sites excluding steroid dienone is 1. The van der Waals surface area contributed by atoms with Crippen molar-refractivity contribution in [2.45, 2.75) is 19.9 Å². The highest BCUT2D eigenvalue weighted by Gasteiger charge is 2.33. The van der Waals surface area contributed by atoms with Gasteiger partial charge in [-0.1, -0.05) is 35.1 Å². The first-order valence-corrected chi connectivity index (χ1v) is 12.5. The summed E-state index contributed by atoms with van der Waals surface area (Å²) in [6.45, 7) is 3.85. The molecule has 5 rings (SSSR count). The predicted molar refractivity (Wildman–Crippen MR) is 139 cm³/mol. The molecule has 1 aromatic heterocycles. The molecule has 1 atom stereocenters. The van der Waals surface area contributed by atoms with Gasteiger partial charge in [-0.25, -0.2) is 9.79 Å². The van der Waals surface area contributed by atoms with Gasteiger partial charge in [0.1, 0.15) is 0 Å². The molecule has 0 saturated carbocycles. The number of carbonyl (C=O) groups excluding carboxylic acids is 1. The molecule has 0 bridgehead atoms. The van der Waals surface area contributed by atoms with Crippen LogP contribution in [0.25, 0.3) is 6.08 Å². The molecular formula is C26H24ClN3O5S. The number of anilines is 1. The summed E-state index contributed by atoms with van der Waals surface area (Å²) in [6, 6.07) is 10.5. The number of hydrogen-bond acceptors (Lipinski definition) is 8. The fourth-order valence-corrected chi connectivity index (χ4v) is 5.49. The fourth-order valence-electron chi connectivity index (χ4n) is 4.25. The molecule has 0 spiro atoms. The Morgan fingerprint density at radius 2 is 1.94 bits per heavy atom. The average molecular weight is 526 g/mol. The van der Waals surface area contributed by atoms with Crippen LogP contribution in [0.4, 0.5) is 5.69 Å².